The second-order valence-electron chi connectivity index (χ2n) is 5.30. The monoisotopic (exact) mass is 255 g/mol. The van der Waals surface area contributed by atoms with Gasteiger partial charge in [0.2, 0.25) is 5.91 Å². The van der Waals surface area contributed by atoms with Crippen molar-refractivity contribution in [3.8, 4) is 0 Å². The molecule has 0 radical (unpaired) electrons. The van der Waals surface area contributed by atoms with Gasteiger partial charge in [-0.05, 0) is 0 Å². The zero-order valence-electron chi connectivity index (χ0n) is 11.2. The number of carbonyl (C=O) groups is 2. The molecule has 2 saturated heterocycles. The molecule has 0 spiro atoms. The first-order chi connectivity index (χ1) is 8.49. The molecule has 0 bridgehead atoms. The fraction of sp³-hybridized carbons (Fsp3) is 0.833. The molecule has 102 valence electrons. The third kappa shape index (κ3) is 2.58. The number of urea groups is 1. The van der Waals surface area contributed by atoms with Crippen LogP contribution in [0.5, 0.6) is 0 Å². The fourth-order valence-corrected chi connectivity index (χ4v) is 2.64. The summed E-state index contributed by atoms with van der Waals surface area (Å²) in [5.74, 6) is 0.767. The quantitative estimate of drug-likeness (QED) is 0.740. The van der Waals surface area contributed by atoms with Gasteiger partial charge in [-0.25, -0.2) is 4.79 Å². The second kappa shape index (κ2) is 5.14. The topological polar surface area (TPSA) is 61.9 Å². The predicted molar refractivity (Wildman–Crippen MR) is 66.1 cm³/mol. The van der Waals surface area contributed by atoms with Crippen LogP contribution in [-0.4, -0.2) is 68.2 Å². The van der Waals surface area contributed by atoms with E-state index in [4.69, 9.17) is 4.74 Å². The minimum absolute atomic E-state index is 0.0835. The molecule has 2 rings (SSSR count). The summed E-state index contributed by atoms with van der Waals surface area (Å²) in [7, 11) is 3.44. The number of rotatable bonds is 2. The van der Waals surface area contributed by atoms with Crippen molar-refractivity contribution < 1.29 is 14.3 Å². The van der Waals surface area contributed by atoms with E-state index in [1.807, 2.05) is 4.90 Å². The van der Waals surface area contributed by atoms with Crippen molar-refractivity contribution in [2.45, 2.75) is 13.0 Å². The van der Waals surface area contributed by atoms with Crippen LogP contribution >= 0.6 is 0 Å². The summed E-state index contributed by atoms with van der Waals surface area (Å²) >= 11 is 0. The van der Waals surface area contributed by atoms with Gasteiger partial charge in [-0.3, -0.25) is 4.79 Å². The van der Waals surface area contributed by atoms with Crippen LogP contribution in [0.1, 0.15) is 6.92 Å². The fourth-order valence-electron chi connectivity index (χ4n) is 2.64. The molecule has 1 N–H and O–H groups in total. The van der Waals surface area contributed by atoms with Crippen molar-refractivity contribution in [3.63, 3.8) is 0 Å². The van der Waals surface area contributed by atoms with E-state index >= 15 is 0 Å². The molecular formula is C12H21N3O3. The summed E-state index contributed by atoms with van der Waals surface area (Å²) in [5.41, 5.74) is 0. The molecule has 2 fully saturated rings. The Morgan fingerprint density at radius 2 is 2.11 bits per heavy atom. The Bertz CT molecular complexity index is 345. The Hall–Kier alpha value is -1.30. The number of hydrogen-bond donors (Lipinski definition) is 1. The van der Waals surface area contributed by atoms with Crippen molar-refractivity contribution in [1.82, 2.24) is 15.1 Å². The van der Waals surface area contributed by atoms with E-state index in [1.54, 1.807) is 21.0 Å². The van der Waals surface area contributed by atoms with Crippen LogP contribution in [0.25, 0.3) is 0 Å². The lowest BCUT2D eigenvalue weighted by molar-refractivity contribution is -0.128. The van der Waals surface area contributed by atoms with Gasteiger partial charge in [0.05, 0.1) is 12.7 Å². The number of likely N-dealkylation sites (tertiary alicyclic amines) is 1. The first kappa shape index (κ1) is 13.1. The van der Waals surface area contributed by atoms with Gasteiger partial charge < -0.3 is 19.9 Å². The first-order valence-corrected chi connectivity index (χ1v) is 6.31. The second-order valence-corrected chi connectivity index (χ2v) is 5.30. The molecule has 6 nitrogen and oxygen atoms in total. The molecule has 0 aromatic rings. The van der Waals surface area contributed by atoms with Gasteiger partial charge in [0.1, 0.15) is 0 Å². The van der Waals surface area contributed by atoms with Gasteiger partial charge in [0.25, 0.3) is 0 Å². The van der Waals surface area contributed by atoms with Gasteiger partial charge in [0.15, 0.2) is 0 Å². The molecular weight excluding hydrogens is 234 g/mol. The average Bonchev–Trinajstić information content (AvgIpc) is 2.85. The minimum atomic E-state index is -0.0835. The van der Waals surface area contributed by atoms with E-state index < -0.39 is 0 Å². The summed E-state index contributed by atoms with van der Waals surface area (Å²) in [5, 5.41) is 2.88. The first-order valence-electron chi connectivity index (χ1n) is 6.31. The van der Waals surface area contributed by atoms with E-state index in [2.05, 4.69) is 5.32 Å². The zero-order valence-corrected chi connectivity index (χ0v) is 11.2. The molecule has 6 heteroatoms. The average molecular weight is 255 g/mol. The molecule has 2 aliphatic rings. The highest BCUT2D eigenvalue weighted by Gasteiger charge is 2.44. The molecule has 0 unspecified atom stereocenters. The Balaban J connectivity index is 1.85. The van der Waals surface area contributed by atoms with Gasteiger partial charge >= 0.3 is 6.03 Å². The number of hydrogen-bond acceptors (Lipinski definition) is 3. The lowest BCUT2D eigenvalue weighted by Gasteiger charge is -2.20. The van der Waals surface area contributed by atoms with E-state index in [0.29, 0.717) is 31.5 Å². The van der Waals surface area contributed by atoms with Crippen molar-refractivity contribution in [2.24, 2.45) is 11.8 Å². The van der Waals surface area contributed by atoms with Crippen molar-refractivity contribution in [3.05, 3.63) is 0 Å². The van der Waals surface area contributed by atoms with Gasteiger partial charge in [0, 0.05) is 52.5 Å². The number of carbonyl (C=O) groups excluding carboxylic acids is 2. The Kier molecular flexibility index (Phi) is 3.75. The molecule has 18 heavy (non-hydrogen) atoms. The number of ether oxygens (including phenoxy) is 1. The van der Waals surface area contributed by atoms with Crippen molar-refractivity contribution >= 4 is 11.9 Å². The van der Waals surface area contributed by atoms with Crippen LogP contribution in [0.3, 0.4) is 0 Å². The predicted octanol–water partition coefficient (Wildman–Crippen LogP) is -0.249. The summed E-state index contributed by atoms with van der Waals surface area (Å²) in [6.45, 7) is 4.32. The molecule has 0 aromatic carbocycles. The largest absolute Gasteiger partial charge is 0.376 e. The van der Waals surface area contributed by atoms with Crippen LogP contribution in [0.15, 0.2) is 0 Å². The van der Waals surface area contributed by atoms with Crippen LogP contribution < -0.4 is 5.32 Å². The van der Waals surface area contributed by atoms with Gasteiger partial charge in [-0.15, -0.1) is 0 Å². The maximum absolute atomic E-state index is 11.5. The highest BCUT2D eigenvalue weighted by molar-refractivity contribution is 5.74. The van der Waals surface area contributed by atoms with Crippen LogP contribution in [0.2, 0.25) is 0 Å². The molecule has 2 heterocycles. The summed E-state index contributed by atoms with van der Waals surface area (Å²) in [4.78, 5) is 26.2. The number of fused-ring (bicyclic) bond motifs is 1. The smallest absolute Gasteiger partial charge is 0.316 e. The normalized spacial score (nSPS) is 30.2. The molecule has 0 saturated carbocycles. The van der Waals surface area contributed by atoms with Crippen LogP contribution in [-0.2, 0) is 9.53 Å². The Labute approximate surface area is 107 Å². The van der Waals surface area contributed by atoms with E-state index in [0.717, 1.165) is 6.54 Å². The van der Waals surface area contributed by atoms with E-state index in [1.165, 1.54) is 4.90 Å². The lowest BCUT2D eigenvalue weighted by atomic mass is 9.93. The zero-order chi connectivity index (χ0) is 13.3. The maximum Gasteiger partial charge on any atom is 0.316 e. The number of nitrogens with zero attached hydrogens (tertiary/aromatic N) is 2. The van der Waals surface area contributed by atoms with Gasteiger partial charge in [-0.1, -0.05) is 0 Å². The third-order valence-corrected chi connectivity index (χ3v) is 3.81. The molecule has 3 amide bonds. The van der Waals surface area contributed by atoms with E-state index in [9.17, 15) is 9.59 Å². The summed E-state index contributed by atoms with van der Waals surface area (Å²) in [6, 6.07) is -0.0835. The Morgan fingerprint density at radius 1 is 1.39 bits per heavy atom. The third-order valence-electron chi connectivity index (χ3n) is 3.81. The minimum Gasteiger partial charge on any atom is -0.376 e. The molecule has 3 atom stereocenters. The number of amides is 3. The molecule has 0 aromatic heterocycles. The summed E-state index contributed by atoms with van der Waals surface area (Å²) < 4.78 is 5.70. The van der Waals surface area contributed by atoms with Gasteiger partial charge in [-0.2, -0.15) is 0 Å². The highest BCUT2D eigenvalue weighted by atomic mass is 16.5. The lowest BCUT2D eigenvalue weighted by Crippen LogP contribution is -2.39. The summed E-state index contributed by atoms with van der Waals surface area (Å²) in [6.07, 6.45) is 0.148. The number of nitrogens with one attached hydrogen (secondary N) is 1. The molecule has 0 aliphatic carbocycles. The van der Waals surface area contributed by atoms with E-state index in [-0.39, 0.29) is 18.0 Å². The van der Waals surface area contributed by atoms with Crippen molar-refractivity contribution in [1.29, 1.82) is 0 Å². The SMILES string of the molecule is CC(=O)N1C[C@@H]2[C@H](CNC(=O)N(C)C)CO[C@@H]2C1. The van der Waals surface area contributed by atoms with Crippen molar-refractivity contribution in [2.75, 3.05) is 40.3 Å². The molecule has 2 aliphatic heterocycles. The standard InChI is InChI=1S/C12H21N3O3/c1-8(16)15-5-10-9(7-18-11(10)6-15)4-13-12(17)14(2)3/h9-11H,4-7H2,1-3H3,(H,13,17)/t9-,10-,11-/m1/s1. The Morgan fingerprint density at radius 3 is 2.72 bits per heavy atom. The van der Waals surface area contributed by atoms with Crippen LogP contribution in [0.4, 0.5) is 4.79 Å². The highest BCUT2D eigenvalue weighted by Crippen LogP contribution is 2.33. The maximum atomic E-state index is 11.5. The van der Waals surface area contributed by atoms with Crippen LogP contribution in [0, 0.1) is 11.8 Å².